The first-order chi connectivity index (χ1) is 7.83. The van der Waals surface area contributed by atoms with E-state index >= 15 is 0 Å². The van der Waals surface area contributed by atoms with Crippen LogP contribution in [0.5, 0.6) is 0 Å². The lowest BCUT2D eigenvalue weighted by Crippen LogP contribution is -2.26. The molecule has 0 fully saturated rings. The van der Waals surface area contributed by atoms with Crippen LogP contribution in [0, 0.1) is 12.3 Å². The van der Waals surface area contributed by atoms with Crippen molar-refractivity contribution in [1.29, 1.82) is 0 Å². The fraction of sp³-hybridized carbons (Fsp3) is 0.462. The van der Waals surface area contributed by atoms with Gasteiger partial charge < -0.3 is 10.2 Å². The van der Waals surface area contributed by atoms with E-state index in [4.69, 9.17) is 6.42 Å². The molecular weight excluding hydrogens is 198 g/mol. The molecule has 0 saturated carbocycles. The topological polar surface area (TPSA) is 28.2 Å². The van der Waals surface area contributed by atoms with Crippen LogP contribution in [0.4, 0.5) is 5.82 Å². The van der Waals surface area contributed by atoms with Gasteiger partial charge in [-0.25, -0.2) is 4.98 Å². The summed E-state index contributed by atoms with van der Waals surface area (Å²) < 4.78 is 0. The molecule has 0 spiro atoms. The van der Waals surface area contributed by atoms with Crippen molar-refractivity contribution in [3.63, 3.8) is 0 Å². The number of hydrogen-bond acceptors (Lipinski definition) is 3. The molecule has 3 heteroatoms. The van der Waals surface area contributed by atoms with E-state index in [1.54, 1.807) is 0 Å². The maximum absolute atomic E-state index is 5.36. The van der Waals surface area contributed by atoms with Crippen LogP contribution in [0.25, 0.3) is 0 Å². The molecule has 3 nitrogen and oxygen atoms in total. The van der Waals surface area contributed by atoms with Crippen LogP contribution in [-0.2, 0) is 6.54 Å². The summed E-state index contributed by atoms with van der Waals surface area (Å²) in [6, 6.07) is 4.05. The second kappa shape index (κ2) is 6.86. The number of nitrogens with zero attached hydrogens (tertiary/aromatic N) is 2. The van der Waals surface area contributed by atoms with Crippen molar-refractivity contribution in [2.24, 2.45) is 0 Å². The fourth-order valence-corrected chi connectivity index (χ4v) is 1.56. The Kier molecular flexibility index (Phi) is 5.38. The van der Waals surface area contributed by atoms with E-state index in [9.17, 15) is 0 Å². The third kappa shape index (κ3) is 3.25. The maximum atomic E-state index is 5.36. The van der Waals surface area contributed by atoms with Crippen molar-refractivity contribution in [2.75, 3.05) is 24.5 Å². The molecule has 0 saturated heterocycles. The Morgan fingerprint density at radius 1 is 1.50 bits per heavy atom. The lowest BCUT2D eigenvalue weighted by Gasteiger charge is -2.22. The van der Waals surface area contributed by atoms with Gasteiger partial charge in [0.15, 0.2) is 0 Å². The van der Waals surface area contributed by atoms with Crippen LogP contribution in [-0.4, -0.2) is 24.6 Å². The Morgan fingerprint density at radius 2 is 2.31 bits per heavy atom. The molecule has 16 heavy (non-hydrogen) atoms. The van der Waals surface area contributed by atoms with Crippen molar-refractivity contribution in [3.8, 4) is 12.3 Å². The first-order valence-corrected chi connectivity index (χ1v) is 5.66. The van der Waals surface area contributed by atoms with Gasteiger partial charge in [-0.1, -0.05) is 18.9 Å². The van der Waals surface area contributed by atoms with Gasteiger partial charge in [-0.05, 0) is 19.5 Å². The number of anilines is 1. The van der Waals surface area contributed by atoms with E-state index in [0.29, 0.717) is 6.54 Å². The third-order valence-electron chi connectivity index (χ3n) is 2.40. The Labute approximate surface area is 97.9 Å². The Morgan fingerprint density at radius 3 is 2.94 bits per heavy atom. The second-order valence-corrected chi connectivity index (χ2v) is 3.48. The van der Waals surface area contributed by atoms with Crippen molar-refractivity contribution >= 4 is 5.82 Å². The summed E-state index contributed by atoms with van der Waals surface area (Å²) in [5, 5.41) is 3.31. The Hall–Kier alpha value is -1.53. The monoisotopic (exact) mass is 217 g/mol. The van der Waals surface area contributed by atoms with Gasteiger partial charge >= 0.3 is 0 Å². The zero-order valence-corrected chi connectivity index (χ0v) is 10.0. The van der Waals surface area contributed by atoms with Crippen LogP contribution in [0.1, 0.15) is 19.4 Å². The van der Waals surface area contributed by atoms with Crippen molar-refractivity contribution in [3.05, 3.63) is 23.9 Å². The summed E-state index contributed by atoms with van der Waals surface area (Å²) in [6.07, 6.45) is 7.17. The third-order valence-corrected chi connectivity index (χ3v) is 2.40. The molecular formula is C13H19N3. The van der Waals surface area contributed by atoms with Crippen LogP contribution in [0.3, 0.4) is 0 Å². The van der Waals surface area contributed by atoms with Gasteiger partial charge in [0.05, 0.1) is 6.54 Å². The van der Waals surface area contributed by atoms with E-state index in [-0.39, 0.29) is 0 Å². The van der Waals surface area contributed by atoms with E-state index in [1.807, 2.05) is 12.3 Å². The maximum Gasteiger partial charge on any atom is 0.133 e. The zero-order chi connectivity index (χ0) is 11.8. The number of hydrogen-bond donors (Lipinski definition) is 1. The number of rotatable bonds is 6. The first-order valence-electron chi connectivity index (χ1n) is 5.66. The van der Waals surface area contributed by atoms with Crippen molar-refractivity contribution in [2.45, 2.75) is 20.4 Å². The molecule has 0 unspecified atom stereocenters. The van der Waals surface area contributed by atoms with Gasteiger partial charge in [0.1, 0.15) is 5.82 Å². The average molecular weight is 217 g/mol. The summed E-state index contributed by atoms with van der Waals surface area (Å²) in [7, 11) is 0. The summed E-state index contributed by atoms with van der Waals surface area (Å²) in [6.45, 7) is 7.45. The minimum Gasteiger partial charge on any atom is -0.345 e. The van der Waals surface area contributed by atoms with Gasteiger partial charge in [0, 0.05) is 24.8 Å². The van der Waals surface area contributed by atoms with E-state index in [2.05, 4.69) is 41.0 Å². The highest BCUT2D eigenvalue weighted by Gasteiger charge is 2.08. The Balaban J connectivity index is 2.88. The lowest BCUT2D eigenvalue weighted by molar-refractivity contribution is 0.719. The Bertz CT molecular complexity index is 354. The zero-order valence-electron chi connectivity index (χ0n) is 10.0. The fourth-order valence-electron chi connectivity index (χ4n) is 1.56. The molecule has 0 aliphatic carbocycles. The summed E-state index contributed by atoms with van der Waals surface area (Å²) in [5.41, 5.74) is 1.20. The summed E-state index contributed by atoms with van der Waals surface area (Å²) in [5.74, 6) is 3.66. The lowest BCUT2D eigenvalue weighted by atomic mass is 10.2. The molecule has 86 valence electrons. The molecule has 0 radical (unpaired) electrons. The normalized spacial score (nSPS) is 9.81. The molecule has 1 N–H and O–H groups in total. The molecule has 1 rings (SSSR count). The van der Waals surface area contributed by atoms with Gasteiger partial charge in [0.2, 0.25) is 0 Å². The van der Waals surface area contributed by atoms with E-state index in [1.165, 1.54) is 5.56 Å². The van der Waals surface area contributed by atoms with Gasteiger partial charge in [-0.2, -0.15) is 0 Å². The summed E-state index contributed by atoms with van der Waals surface area (Å²) >= 11 is 0. The average Bonchev–Trinajstić information content (AvgIpc) is 2.34. The second-order valence-electron chi connectivity index (χ2n) is 3.48. The van der Waals surface area contributed by atoms with E-state index in [0.717, 1.165) is 25.5 Å². The molecule has 1 aromatic heterocycles. The highest BCUT2D eigenvalue weighted by atomic mass is 15.2. The van der Waals surface area contributed by atoms with Crippen molar-refractivity contribution in [1.82, 2.24) is 10.3 Å². The molecule has 0 aromatic carbocycles. The number of nitrogens with one attached hydrogen (secondary N) is 1. The predicted octanol–water partition coefficient (Wildman–Crippen LogP) is 1.65. The molecule has 0 aliphatic rings. The van der Waals surface area contributed by atoms with Crippen molar-refractivity contribution < 1.29 is 0 Å². The first kappa shape index (κ1) is 12.5. The van der Waals surface area contributed by atoms with Crippen LogP contribution in [0.2, 0.25) is 0 Å². The molecule has 0 atom stereocenters. The number of pyridine rings is 1. The minimum atomic E-state index is 0.604. The smallest absolute Gasteiger partial charge is 0.133 e. The number of aromatic nitrogens is 1. The van der Waals surface area contributed by atoms with E-state index < -0.39 is 0 Å². The quantitative estimate of drug-likeness (QED) is 0.734. The predicted molar refractivity (Wildman–Crippen MR) is 68.3 cm³/mol. The van der Waals surface area contributed by atoms with Gasteiger partial charge in [-0.15, -0.1) is 6.42 Å². The SMILES string of the molecule is C#CCN(CC)c1ncccc1CNCC. The van der Waals surface area contributed by atoms with Crippen LogP contribution >= 0.6 is 0 Å². The molecule has 0 amide bonds. The molecule has 1 aromatic rings. The van der Waals surface area contributed by atoms with Crippen LogP contribution in [0.15, 0.2) is 18.3 Å². The molecule has 1 heterocycles. The van der Waals surface area contributed by atoms with Gasteiger partial charge in [0.25, 0.3) is 0 Å². The highest BCUT2D eigenvalue weighted by Crippen LogP contribution is 2.16. The van der Waals surface area contributed by atoms with Gasteiger partial charge in [-0.3, -0.25) is 0 Å². The number of terminal acetylenes is 1. The van der Waals surface area contributed by atoms with Crippen LogP contribution < -0.4 is 10.2 Å². The molecule has 0 bridgehead atoms. The summed E-state index contributed by atoms with van der Waals surface area (Å²) in [4.78, 5) is 6.52. The largest absolute Gasteiger partial charge is 0.345 e. The standard InChI is InChI=1S/C13H19N3/c1-4-10-16(6-3)13-12(11-14-5-2)8-7-9-15-13/h1,7-9,14H,5-6,10-11H2,2-3H3. The minimum absolute atomic E-state index is 0.604. The highest BCUT2D eigenvalue weighted by molar-refractivity contribution is 5.47. The molecule has 0 aliphatic heterocycles.